The molecule has 2 aliphatic rings. The molecular formula is C57H38N2O. The fourth-order valence-electron chi connectivity index (χ4n) is 9.75. The van der Waals surface area contributed by atoms with Gasteiger partial charge in [0.15, 0.2) is 0 Å². The van der Waals surface area contributed by atoms with Gasteiger partial charge in [-0.3, -0.25) is 0 Å². The minimum absolute atomic E-state index is 0.447. The molecular weight excluding hydrogens is 729 g/mol. The van der Waals surface area contributed by atoms with Crippen molar-refractivity contribution in [3.8, 4) is 27.9 Å². The minimum Gasteiger partial charge on any atom is -0.456 e. The summed E-state index contributed by atoms with van der Waals surface area (Å²) in [5.41, 5.74) is 15.4. The monoisotopic (exact) mass is 766 g/mol. The summed E-state index contributed by atoms with van der Waals surface area (Å²) in [5, 5.41) is 7.04. The maximum atomic E-state index is 6.66. The van der Waals surface area contributed by atoms with E-state index in [1.54, 1.807) is 0 Å². The van der Waals surface area contributed by atoms with E-state index in [-0.39, 0.29) is 0 Å². The van der Waals surface area contributed by atoms with Gasteiger partial charge in [0, 0.05) is 43.8 Å². The van der Waals surface area contributed by atoms with Crippen LogP contribution >= 0.6 is 0 Å². The van der Waals surface area contributed by atoms with Crippen molar-refractivity contribution in [2.75, 3.05) is 0 Å². The topological polar surface area (TPSA) is 30.4 Å². The predicted molar refractivity (Wildman–Crippen MR) is 252 cm³/mol. The SMILES string of the molecule is C=C1C(c2cccc3oc4ccc(-c5cc6c(c7ccccc57)c5ccccc5n6-c5ccccc5)cc4c23)=NC(c2ccc(-c3ccccc3)cc2)=C2C=CC=CC12C. The Morgan fingerprint density at radius 3 is 2.02 bits per heavy atom. The third kappa shape index (κ3) is 5.06. The summed E-state index contributed by atoms with van der Waals surface area (Å²) in [6.45, 7) is 7.04. The van der Waals surface area contributed by atoms with Gasteiger partial charge in [0.05, 0.1) is 22.4 Å². The van der Waals surface area contributed by atoms with Crippen LogP contribution in [0.15, 0.2) is 227 Å². The molecule has 1 aliphatic heterocycles. The summed E-state index contributed by atoms with van der Waals surface area (Å²) in [4.78, 5) is 5.55. The molecule has 12 rings (SSSR count). The van der Waals surface area contributed by atoms with Crippen LogP contribution in [-0.4, -0.2) is 10.3 Å². The van der Waals surface area contributed by atoms with Crippen LogP contribution in [0.25, 0.3) is 88.2 Å². The highest BCUT2D eigenvalue weighted by atomic mass is 16.3. The zero-order valence-corrected chi connectivity index (χ0v) is 33.1. The molecule has 10 aromatic rings. The molecule has 0 bridgehead atoms. The number of para-hydroxylation sites is 2. The van der Waals surface area contributed by atoms with E-state index in [2.05, 4.69) is 212 Å². The smallest absolute Gasteiger partial charge is 0.136 e. The lowest BCUT2D eigenvalue weighted by Crippen LogP contribution is -2.29. The van der Waals surface area contributed by atoms with Crippen molar-refractivity contribution in [1.29, 1.82) is 0 Å². The van der Waals surface area contributed by atoms with Crippen LogP contribution in [0.2, 0.25) is 0 Å². The number of aliphatic imine (C=N–C) groups is 1. The molecule has 0 N–H and O–H groups in total. The van der Waals surface area contributed by atoms with E-state index in [0.29, 0.717) is 0 Å². The molecule has 0 fully saturated rings. The largest absolute Gasteiger partial charge is 0.456 e. The van der Waals surface area contributed by atoms with Crippen molar-refractivity contribution in [1.82, 2.24) is 4.57 Å². The Kier molecular flexibility index (Phi) is 7.51. The Morgan fingerprint density at radius 2 is 1.20 bits per heavy atom. The molecule has 2 aromatic heterocycles. The number of aromatic nitrogens is 1. The van der Waals surface area contributed by atoms with Gasteiger partial charge in [-0.2, -0.15) is 0 Å². The highest BCUT2D eigenvalue weighted by molar-refractivity contribution is 6.27. The highest BCUT2D eigenvalue weighted by Gasteiger charge is 2.39. The summed E-state index contributed by atoms with van der Waals surface area (Å²) in [5.74, 6) is 0. The van der Waals surface area contributed by atoms with Gasteiger partial charge in [-0.15, -0.1) is 0 Å². The second-order valence-corrected chi connectivity index (χ2v) is 16.1. The van der Waals surface area contributed by atoms with E-state index in [0.717, 1.165) is 66.9 Å². The molecule has 3 heteroatoms. The number of allylic oxidation sites excluding steroid dienone is 6. The first-order valence-corrected chi connectivity index (χ1v) is 20.6. The summed E-state index contributed by atoms with van der Waals surface area (Å²) in [6, 6.07) is 62.9. The normalized spacial score (nSPS) is 16.4. The Labute approximate surface area is 347 Å². The lowest BCUT2D eigenvalue weighted by Gasteiger charge is -2.37. The first kappa shape index (κ1) is 34.3. The fourth-order valence-corrected chi connectivity index (χ4v) is 9.75. The van der Waals surface area contributed by atoms with Crippen LogP contribution in [0.5, 0.6) is 0 Å². The number of furan rings is 1. The predicted octanol–water partition coefficient (Wildman–Crippen LogP) is 15.1. The average Bonchev–Trinajstić information content (AvgIpc) is 3.85. The fraction of sp³-hybridized carbons (Fsp3) is 0.0351. The molecule has 0 spiro atoms. The lowest BCUT2D eigenvalue weighted by molar-refractivity contribution is 0.650. The first-order chi connectivity index (χ1) is 29.5. The van der Waals surface area contributed by atoms with E-state index >= 15 is 0 Å². The van der Waals surface area contributed by atoms with E-state index in [4.69, 9.17) is 16.0 Å². The maximum absolute atomic E-state index is 6.66. The molecule has 282 valence electrons. The van der Waals surface area contributed by atoms with Gasteiger partial charge < -0.3 is 8.98 Å². The number of hydrogen-bond donors (Lipinski definition) is 0. The number of nitrogens with zero attached hydrogens (tertiary/aromatic N) is 2. The molecule has 1 atom stereocenters. The second-order valence-electron chi connectivity index (χ2n) is 16.1. The number of fused-ring (bicyclic) bond motifs is 9. The highest BCUT2D eigenvalue weighted by Crippen LogP contribution is 2.50. The van der Waals surface area contributed by atoms with Crippen LogP contribution in [0.1, 0.15) is 18.1 Å². The van der Waals surface area contributed by atoms with E-state index < -0.39 is 5.41 Å². The van der Waals surface area contributed by atoms with Crippen molar-refractivity contribution >= 4 is 65.9 Å². The Balaban J connectivity index is 1.07. The van der Waals surface area contributed by atoms with E-state index in [1.165, 1.54) is 49.3 Å². The average molecular weight is 767 g/mol. The molecule has 3 nitrogen and oxygen atoms in total. The van der Waals surface area contributed by atoms with Gasteiger partial charge in [-0.1, -0.05) is 164 Å². The molecule has 0 saturated carbocycles. The van der Waals surface area contributed by atoms with Crippen LogP contribution in [0, 0.1) is 5.41 Å². The molecule has 1 aliphatic carbocycles. The third-order valence-electron chi connectivity index (χ3n) is 12.8. The van der Waals surface area contributed by atoms with Crippen LogP contribution in [0.4, 0.5) is 0 Å². The number of rotatable bonds is 5. The maximum Gasteiger partial charge on any atom is 0.136 e. The second kappa shape index (κ2) is 13.1. The molecule has 8 aromatic carbocycles. The summed E-state index contributed by atoms with van der Waals surface area (Å²) in [7, 11) is 0. The molecule has 1 unspecified atom stereocenters. The van der Waals surface area contributed by atoms with Gasteiger partial charge in [-0.25, -0.2) is 4.99 Å². The van der Waals surface area contributed by atoms with Crippen LogP contribution < -0.4 is 0 Å². The van der Waals surface area contributed by atoms with Gasteiger partial charge in [0.25, 0.3) is 0 Å². The zero-order valence-electron chi connectivity index (χ0n) is 33.1. The van der Waals surface area contributed by atoms with Gasteiger partial charge >= 0.3 is 0 Å². The summed E-state index contributed by atoms with van der Waals surface area (Å²) < 4.78 is 9.06. The lowest BCUT2D eigenvalue weighted by atomic mass is 9.68. The third-order valence-corrected chi connectivity index (χ3v) is 12.8. The van der Waals surface area contributed by atoms with Gasteiger partial charge in [0.1, 0.15) is 11.2 Å². The van der Waals surface area contributed by atoms with Crippen molar-refractivity contribution < 1.29 is 4.42 Å². The summed E-state index contributed by atoms with van der Waals surface area (Å²) >= 11 is 0. The molecule has 0 saturated heterocycles. The van der Waals surface area contributed by atoms with Gasteiger partial charge in [0.2, 0.25) is 0 Å². The van der Waals surface area contributed by atoms with Crippen molar-refractivity contribution in [2.24, 2.45) is 10.4 Å². The van der Waals surface area contributed by atoms with Crippen molar-refractivity contribution in [3.63, 3.8) is 0 Å². The minimum atomic E-state index is -0.447. The van der Waals surface area contributed by atoms with Crippen LogP contribution in [-0.2, 0) is 0 Å². The first-order valence-electron chi connectivity index (χ1n) is 20.6. The number of hydrogen-bond acceptors (Lipinski definition) is 2. The molecule has 3 heterocycles. The number of benzene rings is 8. The molecule has 0 amide bonds. The Hall–Kier alpha value is -7.75. The van der Waals surface area contributed by atoms with Gasteiger partial charge in [-0.05, 0) is 93.6 Å². The summed E-state index contributed by atoms with van der Waals surface area (Å²) in [6.07, 6.45) is 8.70. The standard InChI is InChI=1S/C57H38N2O/c1-36-55(58-56(48-24-13-14-33-57(36,48)2)39-29-27-38(28-30-39)37-16-5-3-6-17-37)45-23-15-26-52-54(45)47-34-40(31-32-51(47)60-52)46-35-50-53(43-21-10-9-20-42(43)46)44-22-11-12-25-49(44)59(50)41-18-7-4-8-19-41/h3-35H,1H2,2H3. The van der Waals surface area contributed by atoms with E-state index in [1.807, 2.05) is 0 Å². The van der Waals surface area contributed by atoms with Crippen LogP contribution in [0.3, 0.4) is 0 Å². The Bertz CT molecular complexity index is 3540. The Morgan fingerprint density at radius 1 is 0.517 bits per heavy atom. The van der Waals surface area contributed by atoms with Crippen molar-refractivity contribution in [3.05, 3.63) is 229 Å². The molecule has 0 radical (unpaired) electrons. The van der Waals surface area contributed by atoms with Crippen molar-refractivity contribution in [2.45, 2.75) is 6.92 Å². The quantitative estimate of drug-likeness (QED) is 0.172. The molecule has 60 heavy (non-hydrogen) atoms. The van der Waals surface area contributed by atoms with E-state index in [9.17, 15) is 0 Å². The zero-order chi connectivity index (χ0) is 40.0.